The zero-order valence-electron chi connectivity index (χ0n) is 18.8. The van der Waals surface area contributed by atoms with Crippen molar-refractivity contribution in [2.75, 3.05) is 0 Å². The molecule has 0 atom stereocenters. The van der Waals surface area contributed by atoms with Crippen molar-refractivity contribution in [3.63, 3.8) is 0 Å². The largest absolute Gasteiger partial charge is 0.416 e. The van der Waals surface area contributed by atoms with Crippen molar-refractivity contribution in [2.24, 2.45) is 0 Å². The molecule has 0 unspecified atom stereocenters. The molecule has 1 aromatic heterocycles. The van der Waals surface area contributed by atoms with E-state index in [9.17, 15) is 18.0 Å². The Bertz CT molecular complexity index is 1080. The molecule has 0 N–H and O–H groups in total. The lowest BCUT2D eigenvalue weighted by molar-refractivity contribution is -0.137. The van der Waals surface area contributed by atoms with Gasteiger partial charge in [-0.1, -0.05) is 49.1 Å². The number of carbonyl (C=O) groups excluding carboxylic acids is 1. The van der Waals surface area contributed by atoms with Gasteiger partial charge >= 0.3 is 6.18 Å². The van der Waals surface area contributed by atoms with E-state index >= 15 is 0 Å². The number of alkyl halides is 3. The Morgan fingerprint density at radius 3 is 2.39 bits per heavy atom. The van der Waals surface area contributed by atoms with E-state index in [1.807, 2.05) is 29.3 Å². The fourth-order valence-electron chi connectivity index (χ4n) is 4.66. The van der Waals surface area contributed by atoms with E-state index in [4.69, 9.17) is 0 Å². The molecule has 174 valence electrons. The van der Waals surface area contributed by atoms with Crippen LogP contribution in [0.25, 0.3) is 0 Å². The Morgan fingerprint density at radius 2 is 1.73 bits per heavy atom. The molecule has 1 heterocycles. The highest BCUT2D eigenvalue weighted by molar-refractivity contribution is 5.94. The highest BCUT2D eigenvalue weighted by atomic mass is 19.4. The van der Waals surface area contributed by atoms with Gasteiger partial charge in [-0.25, -0.2) is 0 Å². The Morgan fingerprint density at radius 1 is 1.00 bits per heavy atom. The maximum absolute atomic E-state index is 13.5. The molecule has 33 heavy (non-hydrogen) atoms. The standard InChI is InChI=1S/C27H29F3N2O/c1-20-7-5-8-21(17-20)18-31-16-6-11-25(31)19-32(24-9-3-2-4-10-24)26(33)22-12-14-23(15-13-22)27(28,29)30/h5-8,11-17,24H,2-4,9-10,18-19H2,1H3. The fourth-order valence-corrected chi connectivity index (χ4v) is 4.66. The molecule has 0 radical (unpaired) electrons. The molecule has 1 amide bonds. The van der Waals surface area contributed by atoms with Crippen LogP contribution in [0.1, 0.15) is 64.8 Å². The van der Waals surface area contributed by atoms with E-state index in [2.05, 4.69) is 29.7 Å². The summed E-state index contributed by atoms with van der Waals surface area (Å²) >= 11 is 0. The molecule has 4 rings (SSSR count). The van der Waals surface area contributed by atoms with Gasteiger partial charge in [-0.15, -0.1) is 0 Å². The third-order valence-electron chi connectivity index (χ3n) is 6.43. The first-order valence-electron chi connectivity index (χ1n) is 11.5. The number of nitrogens with zero attached hydrogens (tertiary/aromatic N) is 2. The summed E-state index contributed by atoms with van der Waals surface area (Å²) in [5.74, 6) is -0.209. The van der Waals surface area contributed by atoms with Crippen molar-refractivity contribution < 1.29 is 18.0 Å². The molecule has 1 fully saturated rings. The van der Waals surface area contributed by atoms with E-state index in [0.29, 0.717) is 18.7 Å². The summed E-state index contributed by atoms with van der Waals surface area (Å²) < 4.78 is 41.1. The zero-order chi connectivity index (χ0) is 23.4. The molecule has 1 saturated carbocycles. The van der Waals surface area contributed by atoms with Crippen molar-refractivity contribution >= 4 is 5.91 Å². The van der Waals surface area contributed by atoms with Crippen LogP contribution in [0.4, 0.5) is 13.2 Å². The van der Waals surface area contributed by atoms with Gasteiger partial charge in [0.1, 0.15) is 0 Å². The lowest BCUT2D eigenvalue weighted by Crippen LogP contribution is -2.41. The molecule has 3 aromatic rings. The minimum Gasteiger partial charge on any atom is -0.345 e. The normalized spacial score (nSPS) is 14.9. The van der Waals surface area contributed by atoms with Gasteiger partial charge in [0.25, 0.3) is 5.91 Å². The van der Waals surface area contributed by atoms with Gasteiger partial charge in [0.05, 0.1) is 12.1 Å². The molecule has 0 spiro atoms. The number of hydrogen-bond acceptors (Lipinski definition) is 1. The molecular formula is C27H29F3N2O. The van der Waals surface area contributed by atoms with Crippen molar-refractivity contribution in [1.82, 2.24) is 9.47 Å². The second kappa shape index (κ2) is 9.86. The van der Waals surface area contributed by atoms with Crippen LogP contribution in [0, 0.1) is 6.92 Å². The van der Waals surface area contributed by atoms with Gasteiger partial charge in [-0.2, -0.15) is 13.2 Å². The van der Waals surface area contributed by atoms with Crippen LogP contribution in [0.3, 0.4) is 0 Å². The van der Waals surface area contributed by atoms with Gasteiger partial charge in [0.2, 0.25) is 0 Å². The molecule has 0 bridgehead atoms. The minimum absolute atomic E-state index is 0.0934. The maximum Gasteiger partial charge on any atom is 0.416 e. The highest BCUT2D eigenvalue weighted by Crippen LogP contribution is 2.30. The van der Waals surface area contributed by atoms with Crippen molar-refractivity contribution in [1.29, 1.82) is 0 Å². The lowest BCUT2D eigenvalue weighted by atomic mass is 9.93. The van der Waals surface area contributed by atoms with E-state index in [0.717, 1.165) is 49.9 Å². The number of amides is 1. The predicted molar refractivity (Wildman–Crippen MR) is 123 cm³/mol. The Balaban J connectivity index is 1.58. The van der Waals surface area contributed by atoms with Crippen LogP contribution >= 0.6 is 0 Å². The van der Waals surface area contributed by atoms with Crippen LogP contribution in [0.15, 0.2) is 66.9 Å². The van der Waals surface area contributed by atoms with Gasteiger partial charge in [0, 0.05) is 30.0 Å². The topological polar surface area (TPSA) is 25.2 Å². The van der Waals surface area contributed by atoms with Crippen molar-refractivity contribution in [3.05, 3.63) is 94.8 Å². The molecule has 0 saturated heterocycles. The SMILES string of the molecule is Cc1cccc(Cn2cccc2CN(C(=O)c2ccc(C(F)(F)F)cc2)C2CCCCC2)c1. The minimum atomic E-state index is -4.42. The van der Waals surface area contributed by atoms with Crippen LogP contribution in [-0.2, 0) is 19.3 Å². The number of halogens is 3. The molecular weight excluding hydrogens is 425 g/mol. The van der Waals surface area contributed by atoms with E-state index < -0.39 is 11.7 Å². The molecule has 3 nitrogen and oxygen atoms in total. The smallest absolute Gasteiger partial charge is 0.345 e. The monoisotopic (exact) mass is 454 g/mol. The number of aryl methyl sites for hydroxylation is 1. The van der Waals surface area contributed by atoms with E-state index in [-0.39, 0.29) is 11.9 Å². The fraction of sp³-hybridized carbons (Fsp3) is 0.370. The van der Waals surface area contributed by atoms with E-state index in [1.54, 1.807) is 0 Å². The van der Waals surface area contributed by atoms with Crippen LogP contribution in [0.5, 0.6) is 0 Å². The summed E-state index contributed by atoms with van der Waals surface area (Å²) in [7, 11) is 0. The first kappa shape index (κ1) is 23.1. The molecule has 0 aliphatic heterocycles. The predicted octanol–water partition coefficient (Wildman–Crippen LogP) is 6.84. The van der Waals surface area contributed by atoms with Crippen LogP contribution in [-0.4, -0.2) is 21.4 Å². The summed E-state index contributed by atoms with van der Waals surface area (Å²) in [5, 5.41) is 0. The van der Waals surface area contributed by atoms with Gasteiger partial charge in [0.15, 0.2) is 0 Å². The van der Waals surface area contributed by atoms with Gasteiger partial charge in [-0.05, 0) is 61.7 Å². The zero-order valence-corrected chi connectivity index (χ0v) is 18.8. The van der Waals surface area contributed by atoms with Crippen molar-refractivity contribution in [2.45, 2.75) is 64.3 Å². The Labute approximate surface area is 192 Å². The van der Waals surface area contributed by atoms with Gasteiger partial charge < -0.3 is 9.47 Å². The number of rotatable bonds is 6. The van der Waals surface area contributed by atoms with Gasteiger partial charge in [-0.3, -0.25) is 4.79 Å². The Kier molecular flexibility index (Phi) is 6.91. The summed E-state index contributed by atoms with van der Waals surface area (Å²) in [5.41, 5.74) is 2.95. The van der Waals surface area contributed by atoms with Crippen LogP contribution < -0.4 is 0 Å². The maximum atomic E-state index is 13.5. The number of aromatic nitrogens is 1. The molecule has 1 aliphatic rings. The summed E-state index contributed by atoms with van der Waals surface area (Å²) in [6.45, 7) is 3.20. The van der Waals surface area contributed by atoms with Crippen LogP contribution in [0.2, 0.25) is 0 Å². The molecule has 6 heteroatoms. The van der Waals surface area contributed by atoms with Crippen molar-refractivity contribution in [3.8, 4) is 0 Å². The number of hydrogen-bond donors (Lipinski definition) is 0. The third-order valence-corrected chi connectivity index (χ3v) is 6.43. The average molecular weight is 455 g/mol. The second-order valence-electron chi connectivity index (χ2n) is 8.92. The second-order valence-corrected chi connectivity index (χ2v) is 8.92. The summed E-state index contributed by atoms with van der Waals surface area (Å²) in [6.07, 6.45) is 2.72. The number of carbonyl (C=O) groups is 1. The summed E-state index contributed by atoms with van der Waals surface area (Å²) in [4.78, 5) is 15.3. The first-order chi connectivity index (χ1) is 15.8. The highest BCUT2D eigenvalue weighted by Gasteiger charge is 2.31. The third kappa shape index (κ3) is 5.67. The number of benzene rings is 2. The summed E-state index contributed by atoms with van der Waals surface area (Å²) in [6, 6.07) is 17.0. The first-order valence-corrected chi connectivity index (χ1v) is 11.5. The Hall–Kier alpha value is -3.02. The quantitative estimate of drug-likeness (QED) is 0.400. The lowest BCUT2D eigenvalue weighted by Gasteiger charge is -2.35. The van der Waals surface area contributed by atoms with E-state index in [1.165, 1.54) is 23.3 Å². The molecule has 1 aliphatic carbocycles. The molecule has 2 aromatic carbocycles. The average Bonchev–Trinajstić information content (AvgIpc) is 3.23.